The molecule has 2 rings (SSSR count). The van der Waals surface area contributed by atoms with E-state index in [1.54, 1.807) is 11.8 Å². The Hall–Kier alpha value is -0.680. The predicted molar refractivity (Wildman–Crippen MR) is 66.5 cm³/mol. The van der Waals surface area contributed by atoms with E-state index in [0.717, 1.165) is 19.3 Å². The highest BCUT2D eigenvalue weighted by Gasteiger charge is 2.27. The fourth-order valence-corrected chi connectivity index (χ4v) is 3.15. The van der Waals surface area contributed by atoms with E-state index in [1.165, 1.54) is 10.6 Å². The highest BCUT2D eigenvalue weighted by Crippen LogP contribution is 2.34. The molecule has 0 saturated heterocycles. The van der Waals surface area contributed by atoms with Crippen LogP contribution in [0.1, 0.15) is 25.3 Å². The van der Waals surface area contributed by atoms with E-state index in [-0.39, 0.29) is 16.8 Å². The maximum atomic E-state index is 11.7. The number of hydrogen-bond acceptors (Lipinski definition) is 3. The molecule has 1 aliphatic rings. The molecule has 1 heterocycles. The number of hydrogen-bond donors (Lipinski definition) is 1. The average Bonchev–Trinajstić information content (AvgIpc) is 2.64. The molecule has 1 aromatic heterocycles. The van der Waals surface area contributed by atoms with E-state index in [1.807, 2.05) is 0 Å². The number of halogens is 1. The van der Waals surface area contributed by atoms with Crippen molar-refractivity contribution in [2.24, 2.45) is 0 Å². The minimum atomic E-state index is -0.399. The van der Waals surface area contributed by atoms with Crippen molar-refractivity contribution in [3.63, 3.8) is 0 Å². The second-order valence-corrected chi connectivity index (χ2v) is 5.50. The molecule has 2 unspecified atom stereocenters. The van der Waals surface area contributed by atoms with Crippen LogP contribution in [0.5, 0.6) is 0 Å². The molecule has 0 spiro atoms. The summed E-state index contributed by atoms with van der Waals surface area (Å²) in [4.78, 5) is 25.8. The first-order chi connectivity index (χ1) is 7.61. The maximum absolute atomic E-state index is 11.7. The molecular weight excluding hydrogens is 248 g/mol. The van der Waals surface area contributed by atoms with Gasteiger partial charge >= 0.3 is 5.69 Å². The fraction of sp³-hybridized carbons (Fsp3) is 0.600. The summed E-state index contributed by atoms with van der Waals surface area (Å²) in [7, 11) is 0. The number of rotatable bonds is 2. The zero-order valence-corrected chi connectivity index (χ0v) is 10.5. The van der Waals surface area contributed by atoms with Crippen LogP contribution in [0.2, 0.25) is 5.15 Å². The molecule has 6 heteroatoms. The van der Waals surface area contributed by atoms with E-state index in [2.05, 4.69) is 11.2 Å². The number of aromatic amines is 1. The lowest BCUT2D eigenvalue weighted by atomic mass is 10.2. The molecule has 1 fully saturated rings. The molecule has 1 N–H and O–H groups in total. The van der Waals surface area contributed by atoms with Crippen LogP contribution < -0.4 is 11.2 Å². The second-order valence-electron chi connectivity index (χ2n) is 3.96. The molecule has 16 heavy (non-hydrogen) atoms. The van der Waals surface area contributed by atoms with Gasteiger partial charge in [0.05, 0.1) is 0 Å². The summed E-state index contributed by atoms with van der Waals surface area (Å²) in [5.74, 6) is 0. The third-order valence-electron chi connectivity index (χ3n) is 2.99. The number of nitrogens with one attached hydrogen (secondary N) is 1. The van der Waals surface area contributed by atoms with Crippen molar-refractivity contribution < 1.29 is 0 Å². The van der Waals surface area contributed by atoms with Crippen LogP contribution in [0.25, 0.3) is 0 Å². The summed E-state index contributed by atoms with van der Waals surface area (Å²) in [6, 6.07) is 1.28. The normalized spacial score (nSPS) is 24.9. The van der Waals surface area contributed by atoms with Crippen LogP contribution in [0.3, 0.4) is 0 Å². The lowest BCUT2D eigenvalue weighted by Crippen LogP contribution is -2.36. The van der Waals surface area contributed by atoms with E-state index in [4.69, 9.17) is 11.6 Å². The van der Waals surface area contributed by atoms with E-state index < -0.39 is 5.69 Å². The molecule has 4 nitrogen and oxygen atoms in total. The standard InChI is InChI=1S/C10H13ClN2O2S/c1-16-7-3-2-6(4-7)13-9(14)5-8(11)12-10(13)15/h5-7H,2-4H2,1H3,(H,12,15). The van der Waals surface area contributed by atoms with Gasteiger partial charge in [-0.25, -0.2) is 4.79 Å². The molecule has 88 valence electrons. The topological polar surface area (TPSA) is 54.9 Å². The first-order valence-corrected chi connectivity index (χ1v) is 6.82. The lowest BCUT2D eigenvalue weighted by molar-refractivity contribution is 0.479. The molecule has 1 saturated carbocycles. The molecule has 0 radical (unpaired) electrons. The van der Waals surface area contributed by atoms with Gasteiger partial charge in [-0.1, -0.05) is 11.6 Å². The molecule has 1 aromatic rings. The smallest absolute Gasteiger partial charge is 0.298 e. The van der Waals surface area contributed by atoms with Crippen LogP contribution >= 0.6 is 23.4 Å². The monoisotopic (exact) mass is 260 g/mol. The molecule has 0 aromatic carbocycles. The van der Waals surface area contributed by atoms with Gasteiger partial charge in [0.2, 0.25) is 0 Å². The third-order valence-corrected chi connectivity index (χ3v) is 4.29. The van der Waals surface area contributed by atoms with Crippen LogP contribution in [0, 0.1) is 0 Å². The van der Waals surface area contributed by atoms with Gasteiger partial charge in [0.15, 0.2) is 0 Å². The van der Waals surface area contributed by atoms with Crippen LogP contribution in [0.15, 0.2) is 15.7 Å². The Kier molecular flexibility index (Phi) is 3.44. The van der Waals surface area contributed by atoms with Crippen LogP contribution in [-0.2, 0) is 0 Å². The minimum Gasteiger partial charge on any atom is -0.298 e. The zero-order chi connectivity index (χ0) is 11.7. The van der Waals surface area contributed by atoms with Gasteiger partial charge in [0.1, 0.15) is 5.15 Å². The van der Waals surface area contributed by atoms with Crippen molar-refractivity contribution in [1.82, 2.24) is 9.55 Å². The van der Waals surface area contributed by atoms with Crippen molar-refractivity contribution in [3.05, 3.63) is 32.1 Å². The quantitative estimate of drug-likeness (QED) is 0.823. The fourth-order valence-electron chi connectivity index (χ4n) is 2.19. The number of nitrogens with zero attached hydrogens (tertiary/aromatic N) is 1. The Bertz CT molecular complexity index is 465. The Labute approximate surface area is 102 Å². The van der Waals surface area contributed by atoms with E-state index in [0.29, 0.717) is 5.25 Å². The summed E-state index contributed by atoms with van der Waals surface area (Å²) in [6.45, 7) is 0. The number of aromatic nitrogens is 2. The average molecular weight is 261 g/mol. The highest BCUT2D eigenvalue weighted by atomic mass is 35.5. The van der Waals surface area contributed by atoms with Crippen molar-refractivity contribution >= 4 is 23.4 Å². The zero-order valence-electron chi connectivity index (χ0n) is 8.90. The van der Waals surface area contributed by atoms with Crippen molar-refractivity contribution in [1.29, 1.82) is 0 Å². The Morgan fingerprint density at radius 2 is 2.25 bits per heavy atom. The summed E-state index contributed by atoms with van der Waals surface area (Å²) in [5, 5.41) is 0.651. The third kappa shape index (κ3) is 2.20. The van der Waals surface area contributed by atoms with Gasteiger partial charge in [-0.3, -0.25) is 14.3 Å². The van der Waals surface area contributed by atoms with E-state index >= 15 is 0 Å². The second kappa shape index (κ2) is 4.67. The summed E-state index contributed by atoms with van der Waals surface area (Å²) < 4.78 is 1.29. The van der Waals surface area contributed by atoms with E-state index in [9.17, 15) is 9.59 Å². The van der Waals surface area contributed by atoms with Crippen LogP contribution in [0.4, 0.5) is 0 Å². The maximum Gasteiger partial charge on any atom is 0.329 e. The first-order valence-electron chi connectivity index (χ1n) is 5.16. The number of H-pyrrole nitrogens is 1. The predicted octanol–water partition coefficient (Wildman–Crippen LogP) is 1.65. The van der Waals surface area contributed by atoms with Gasteiger partial charge in [-0.2, -0.15) is 11.8 Å². The molecule has 0 amide bonds. The van der Waals surface area contributed by atoms with Gasteiger partial charge in [0.25, 0.3) is 5.56 Å². The van der Waals surface area contributed by atoms with Gasteiger partial charge < -0.3 is 0 Å². The molecule has 0 bridgehead atoms. The van der Waals surface area contributed by atoms with Gasteiger partial charge in [-0.15, -0.1) is 0 Å². The molecule has 2 atom stereocenters. The Morgan fingerprint density at radius 3 is 2.81 bits per heavy atom. The lowest BCUT2D eigenvalue weighted by Gasteiger charge is -2.12. The summed E-state index contributed by atoms with van der Waals surface area (Å²) in [5.41, 5.74) is -0.704. The SMILES string of the molecule is CSC1CCC(n2c(=O)cc(Cl)[nH]c2=O)C1. The minimum absolute atomic E-state index is 0.0194. The van der Waals surface area contributed by atoms with Crippen molar-refractivity contribution in [3.8, 4) is 0 Å². The molecule has 1 aliphatic carbocycles. The van der Waals surface area contributed by atoms with Gasteiger partial charge in [0, 0.05) is 17.4 Å². The largest absolute Gasteiger partial charge is 0.329 e. The molecule has 0 aliphatic heterocycles. The summed E-state index contributed by atoms with van der Waals surface area (Å²) >= 11 is 7.40. The van der Waals surface area contributed by atoms with Crippen LogP contribution in [-0.4, -0.2) is 21.1 Å². The van der Waals surface area contributed by atoms with Gasteiger partial charge in [-0.05, 0) is 25.5 Å². The first kappa shape index (κ1) is 11.8. The Balaban J connectivity index is 2.35. The van der Waals surface area contributed by atoms with Crippen molar-refractivity contribution in [2.45, 2.75) is 30.6 Å². The highest BCUT2D eigenvalue weighted by molar-refractivity contribution is 7.99. The Morgan fingerprint density at radius 1 is 1.50 bits per heavy atom. The summed E-state index contributed by atoms with van der Waals surface area (Å²) in [6.07, 6.45) is 4.88. The number of thioether (sulfide) groups is 1. The van der Waals surface area contributed by atoms with Crippen molar-refractivity contribution in [2.75, 3.05) is 6.26 Å². The molecular formula is C10H13ClN2O2S.